The van der Waals surface area contributed by atoms with Crippen LogP contribution in [0, 0.1) is 5.41 Å². The Bertz CT molecular complexity index is 672. The van der Waals surface area contributed by atoms with Crippen LogP contribution in [0.4, 0.5) is 18.9 Å². The Morgan fingerprint density at radius 3 is 2.20 bits per heavy atom. The number of hydrogen-bond acceptors (Lipinski definition) is 3. The van der Waals surface area contributed by atoms with Gasteiger partial charge < -0.3 is 14.7 Å². The minimum atomic E-state index is -4.70. The van der Waals surface area contributed by atoms with Crippen LogP contribution in [0.2, 0.25) is 0 Å². The monoisotopic (exact) mass is 355 g/mol. The molecule has 1 atom stereocenters. The predicted octanol–water partition coefficient (Wildman–Crippen LogP) is 3.35. The van der Waals surface area contributed by atoms with Crippen molar-refractivity contribution in [2.24, 2.45) is 5.41 Å². The van der Waals surface area contributed by atoms with E-state index in [2.05, 4.69) is 0 Å². The van der Waals surface area contributed by atoms with Crippen molar-refractivity contribution in [2.75, 3.05) is 18.1 Å². The number of rotatable bonds is 2. The number of ether oxygens (including phenoxy) is 1. The molecule has 2 spiro atoms. The van der Waals surface area contributed by atoms with E-state index < -0.39 is 12.3 Å². The molecule has 0 bridgehead atoms. The van der Waals surface area contributed by atoms with Gasteiger partial charge in [-0.3, -0.25) is 4.79 Å². The molecule has 3 fully saturated rings. The van der Waals surface area contributed by atoms with E-state index in [1.54, 1.807) is 4.90 Å². The third kappa shape index (κ3) is 2.83. The van der Waals surface area contributed by atoms with E-state index in [0.29, 0.717) is 12.2 Å². The van der Waals surface area contributed by atoms with Crippen LogP contribution >= 0.6 is 0 Å². The van der Waals surface area contributed by atoms with Gasteiger partial charge in [-0.15, -0.1) is 0 Å². The summed E-state index contributed by atoms with van der Waals surface area (Å²) in [6, 6.07) is 5.43. The number of aliphatic hydroxyl groups excluding tert-OH is 1. The van der Waals surface area contributed by atoms with Crippen LogP contribution in [0.15, 0.2) is 24.3 Å². The van der Waals surface area contributed by atoms with Crippen molar-refractivity contribution in [2.45, 2.75) is 50.0 Å². The molecular formula is C18H20F3NO3. The molecule has 3 aliphatic rings. The minimum Gasteiger partial charge on any atom is -0.379 e. The maximum absolute atomic E-state index is 12.9. The number of anilines is 1. The van der Waals surface area contributed by atoms with Gasteiger partial charge in [-0.25, -0.2) is 0 Å². The SMILES string of the molecule is O=C1N(c2ccc([C@@H](O)C(F)(F)F)cc2)CCC12CCC1(CC2)CO1. The Morgan fingerprint density at radius 1 is 1.08 bits per heavy atom. The van der Waals surface area contributed by atoms with Crippen molar-refractivity contribution in [3.05, 3.63) is 29.8 Å². The molecule has 2 saturated heterocycles. The lowest BCUT2D eigenvalue weighted by atomic mass is 9.69. The Hall–Kier alpha value is -1.60. The minimum absolute atomic E-state index is 0.0222. The summed E-state index contributed by atoms with van der Waals surface area (Å²) >= 11 is 0. The van der Waals surface area contributed by atoms with Gasteiger partial charge in [0.2, 0.25) is 5.91 Å². The number of amides is 1. The van der Waals surface area contributed by atoms with Crippen molar-refractivity contribution in [3.63, 3.8) is 0 Å². The van der Waals surface area contributed by atoms with Gasteiger partial charge in [-0.2, -0.15) is 13.2 Å². The highest BCUT2D eigenvalue weighted by atomic mass is 19.4. The van der Waals surface area contributed by atoms with Crippen molar-refractivity contribution in [1.82, 2.24) is 0 Å². The van der Waals surface area contributed by atoms with Crippen LogP contribution in [-0.2, 0) is 9.53 Å². The first-order valence-corrected chi connectivity index (χ1v) is 8.56. The maximum Gasteiger partial charge on any atom is 0.418 e. The maximum atomic E-state index is 12.9. The molecule has 0 aromatic heterocycles. The number of carbonyl (C=O) groups excluding carboxylic acids is 1. The zero-order chi connectivity index (χ0) is 17.9. The van der Waals surface area contributed by atoms with Gasteiger partial charge in [0, 0.05) is 12.2 Å². The molecule has 1 N–H and O–H groups in total. The number of carbonyl (C=O) groups is 1. The van der Waals surface area contributed by atoms with E-state index in [4.69, 9.17) is 4.74 Å². The molecule has 0 unspecified atom stereocenters. The fraction of sp³-hybridized carbons (Fsp3) is 0.611. The van der Waals surface area contributed by atoms with Crippen molar-refractivity contribution < 1.29 is 27.8 Å². The highest BCUT2D eigenvalue weighted by Gasteiger charge is 2.56. The number of alkyl halides is 3. The largest absolute Gasteiger partial charge is 0.418 e. The first-order valence-electron chi connectivity index (χ1n) is 8.56. The third-order valence-corrected chi connectivity index (χ3v) is 6.01. The van der Waals surface area contributed by atoms with Crippen LogP contribution in [0.3, 0.4) is 0 Å². The third-order valence-electron chi connectivity index (χ3n) is 6.01. The summed E-state index contributed by atoms with van der Waals surface area (Å²) in [6.45, 7) is 1.37. The number of halogens is 3. The second-order valence-corrected chi connectivity index (χ2v) is 7.49. The molecule has 2 aliphatic heterocycles. The number of aliphatic hydroxyl groups is 1. The molecule has 1 aliphatic carbocycles. The average molecular weight is 355 g/mol. The smallest absolute Gasteiger partial charge is 0.379 e. The number of benzene rings is 1. The first-order chi connectivity index (χ1) is 11.7. The molecule has 136 valence electrons. The Kier molecular flexibility index (Phi) is 3.67. The molecule has 4 rings (SSSR count). The van der Waals surface area contributed by atoms with Gasteiger partial charge in [-0.1, -0.05) is 12.1 Å². The molecule has 1 aromatic rings. The summed E-state index contributed by atoms with van der Waals surface area (Å²) in [7, 11) is 0. The van der Waals surface area contributed by atoms with Crippen LogP contribution in [-0.4, -0.2) is 35.9 Å². The summed E-state index contributed by atoms with van der Waals surface area (Å²) < 4.78 is 43.2. The quantitative estimate of drug-likeness (QED) is 0.828. The fourth-order valence-electron chi connectivity index (χ4n) is 4.13. The molecular weight excluding hydrogens is 335 g/mol. The number of hydrogen-bond donors (Lipinski definition) is 1. The van der Waals surface area contributed by atoms with Crippen molar-refractivity contribution in [1.29, 1.82) is 0 Å². The van der Waals surface area contributed by atoms with Crippen molar-refractivity contribution >= 4 is 11.6 Å². The van der Waals surface area contributed by atoms with Crippen LogP contribution < -0.4 is 4.90 Å². The van der Waals surface area contributed by atoms with Crippen molar-refractivity contribution in [3.8, 4) is 0 Å². The molecule has 2 heterocycles. The summed E-state index contributed by atoms with van der Waals surface area (Å²) in [6.07, 6.45) is -2.99. The Morgan fingerprint density at radius 2 is 1.68 bits per heavy atom. The van der Waals surface area contributed by atoms with Gasteiger partial charge in [0.1, 0.15) is 0 Å². The molecule has 7 heteroatoms. The molecule has 1 aromatic carbocycles. The van der Waals surface area contributed by atoms with Gasteiger partial charge in [-0.05, 0) is 49.8 Å². The van der Waals surface area contributed by atoms with E-state index >= 15 is 0 Å². The summed E-state index contributed by atoms with van der Waals surface area (Å²) in [5.41, 5.74) is 0.0430. The lowest BCUT2D eigenvalue weighted by molar-refractivity contribution is -0.206. The predicted molar refractivity (Wildman–Crippen MR) is 84.0 cm³/mol. The fourth-order valence-corrected chi connectivity index (χ4v) is 4.13. The molecule has 1 saturated carbocycles. The average Bonchev–Trinajstić information content (AvgIpc) is 3.28. The van der Waals surface area contributed by atoms with Gasteiger partial charge >= 0.3 is 6.18 Å². The van der Waals surface area contributed by atoms with Crippen LogP contribution in [0.1, 0.15) is 43.8 Å². The van der Waals surface area contributed by atoms with E-state index in [1.165, 1.54) is 24.3 Å². The van der Waals surface area contributed by atoms with E-state index in [-0.39, 0.29) is 22.5 Å². The molecule has 4 nitrogen and oxygen atoms in total. The summed E-state index contributed by atoms with van der Waals surface area (Å²) in [4.78, 5) is 14.6. The van der Waals surface area contributed by atoms with Gasteiger partial charge in [0.15, 0.2) is 6.10 Å². The summed E-state index contributed by atoms with van der Waals surface area (Å²) in [5, 5.41) is 9.30. The van der Waals surface area contributed by atoms with Gasteiger partial charge in [0.05, 0.1) is 17.6 Å². The molecule has 1 amide bonds. The van der Waals surface area contributed by atoms with Crippen LogP contribution in [0.25, 0.3) is 0 Å². The number of epoxide rings is 1. The zero-order valence-corrected chi connectivity index (χ0v) is 13.7. The number of nitrogens with zero attached hydrogens (tertiary/aromatic N) is 1. The molecule has 0 radical (unpaired) electrons. The summed E-state index contributed by atoms with van der Waals surface area (Å²) in [5.74, 6) is 0.0621. The van der Waals surface area contributed by atoms with E-state index in [9.17, 15) is 23.1 Å². The Labute approximate surface area is 143 Å². The highest BCUT2D eigenvalue weighted by molar-refractivity contribution is 6.00. The normalized spacial score (nSPS) is 33.3. The Balaban J connectivity index is 1.48. The standard InChI is InChI=1S/C18H20F3NO3/c19-18(20,21)14(23)12-1-3-13(4-2-12)22-10-9-16(15(22)24)5-7-17(8-6-16)11-25-17/h1-4,14,23H,5-11H2/t14-,16?,17?/m1/s1. The first kappa shape index (κ1) is 16.8. The zero-order valence-electron chi connectivity index (χ0n) is 13.7. The lowest BCUT2D eigenvalue weighted by Gasteiger charge is -2.34. The topological polar surface area (TPSA) is 53.1 Å². The van der Waals surface area contributed by atoms with Crippen LogP contribution in [0.5, 0.6) is 0 Å². The second kappa shape index (κ2) is 5.45. The lowest BCUT2D eigenvalue weighted by Crippen LogP contribution is -2.39. The molecule has 25 heavy (non-hydrogen) atoms. The van der Waals surface area contributed by atoms with E-state index in [1.807, 2.05) is 0 Å². The van der Waals surface area contributed by atoms with Gasteiger partial charge in [0.25, 0.3) is 0 Å². The second-order valence-electron chi connectivity index (χ2n) is 7.49. The highest BCUT2D eigenvalue weighted by Crippen LogP contribution is 2.53. The van der Waals surface area contributed by atoms with E-state index in [0.717, 1.165) is 38.7 Å².